The Morgan fingerprint density at radius 3 is 2.70 bits per heavy atom. The number of nitrogens with zero attached hydrogens (tertiary/aromatic N) is 3. The van der Waals surface area contributed by atoms with Crippen LogP contribution in [0.3, 0.4) is 0 Å². The van der Waals surface area contributed by atoms with Crippen LogP contribution in [0.15, 0.2) is 29.4 Å². The Balaban J connectivity index is 1.59. The van der Waals surface area contributed by atoms with Gasteiger partial charge in [-0.15, -0.1) is 5.10 Å². The second-order valence-electron chi connectivity index (χ2n) is 5.08. The van der Waals surface area contributed by atoms with Gasteiger partial charge in [-0.1, -0.05) is 36.7 Å². The van der Waals surface area contributed by atoms with E-state index < -0.39 is 0 Å². The molecular formula is C15H16N4S. The Hall–Kier alpha value is -1.80. The molecule has 20 heavy (non-hydrogen) atoms. The second-order valence-corrected chi connectivity index (χ2v) is 6.02. The maximum absolute atomic E-state index is 8.76. The molecule has 0 bridgehead atoms. The van der Waals surface area contributed by atoms with Gasteiger partial charge in [0.2, 0.25) is 5.16 Å². The van der Waals surface area contributed by atoms with Gasteiger partial charge in [-0.25, -0.2) is 4.98 Å². The standard InChI is InChI=1S/C15H16N4S/c16-9-11-5-7-12(8-6-11)10-20-15-17-14(18-19-15)13-3-1-2-4-13/h5-8,13H,1-4,10H2,(H,17,18,19). The molecule has 3 rings (SSSR count). The fourth-order valence-electron chi connectivity index (χ4n) is 2.53. The van der Waals surface area contributed by atoms with Crippen molar-refractivity contribution < 1.29 is 0 Å². The van der Waals surface area contributed by atoms with Gasteiger partial charge < -0.3 is 0 Å². The predicted octanol–water partition coefficient (Wildman–Crippen LogP) is 3.63. The van der Waals surface area contributed by atoms with Gasteiger partial charge in [-0.05, 0) is 30.5 Å². The van der Waals surface area contributed by atoms with Gasteiger partial charge in [-0.3, -0.25) is 5.10 Å². The summed E-state index contributed by atoms with van der Waals surface area (Å²) in [4.78, 5) is 4.58. The van der Waals surface area contributed by atoms with Gasteiger partial charge in [-0.2, -0.15) is 5.26 Å². The lowest BCUT2D eigenvalue weighted by Crippen LogP contribution is -1.94. The van der Waals surface area contributed by atoms with Gasteiger partial charge in [0.15, 0.2) is 0 Å². The van der Waals surface area contributed by atoms with E-state index in [4.69, 9.17) is 5.26 Å². The fourth-order valence-corrected chi connectivity index (χ4v) is 3.29. The van der Waals surface area contributed by atoms with Crippen molar-refractivity contribution in [1.29, 1.82) is 5.26 Å². The molecule has 0 radical (unpaired) electrons. The highest BCUT2D eigenvalue weighted by Crippen LogP contribution is 2.32. The third-order valence-electron chi connectivity index (χ3n) is 3.68. The van der Waals surface area contributed by atoms with Crippen LogP contribution in [0.5, 0.6) is 0 Å². The molecule has 1 aromatic carbocycles. The number of H-pyrrole nitrogens is 1. The van der Waals surface area contributed by atoms with E-state index in [-0.39, 0.29) is 0 Å². The number of hydrogen-bond acceptors (Lipinski definition) is 4. The molecule has 0 saturated heterocycles. The fraction of sp³-hybridized carbons (Fsp3) is 0.400. The average Bonchev–Trinajstić information content (AvgIpc) is 3.16. The molecule has 0 atom stereocenters. The molecule has 1 heterocycles. The summed E-state index contributed by atoms with van der Waals surface area (Å²) >= 11 is 1.63. The van der Waals surface area contributed by atoms with Crippen molar-refractivity contribution in [3.05, 3.63) is 41.2 Å². The van der Waals surface area contributed by atoms with E-state index in [1.54, 1.807) is 11.8 Å². The van der Waals surface area contributed by atoms with Crippen molar-refractivity contribution in [3.63, 3.8) is 0 Å². The summed E-state index contributed by atoms with van der Waals surface area (Å²) in [6, 6.07) is 9.78. The molecule has 0 spiro atoms. The Labute approximate surface area is 122 Å². The molecule has 0 aliphatic heterocycles. The van der Waals surface area contributed by atoms with Crippen LogP contribution in [0.25, 0.3) is 0 Å². The van der Waals surface area contributed by atoms with Crippen LogP contribution in [0, 0.1) is 11.3 Å². The lowest BCUT2D eigenvalue weighted by atomic mass is 10.1. The average molecular weight is 284 g/mol. The Morgan fingerprint density at radius 2 is 2.00 bits per heavy atom. The van der Waals surface area contributed by atoms with Crippen molar-refractivity contribution >= 4 is 11.8 Å². The minimum Gasteiger partial charge on any atom is -0.262 e. The van der Waals surface area contributed by atoms with Crippen molar-refractivity contribution in [2.24, 2.45) is 0 Å². The van der Waals surface area contributed by atoms with Crippen LogP contribution < -0.4 is 0 Å². The molecule has 102 valence electrons. The normalized spacial score (nSPS) is 15.3. The molecule has 5 heteroatoms. The number of benzene rings is 1. The number of thioether (sulfide) groups is 1. The first-order chi connectivity index (χ1) is 9.85. The molecule has 1 fully saturated rings. The van der Waals surface area contributed by atoms with Crippen LogP contribution in [0.4, 0.5) is 0 Å². The van der Waals surface area contributed by atoms with Crippen molar-refractivity contribution in [3.8, 4) is 6.07 Å². The highest BCUT2D eigenvalue weighted by atomic mass is 32.2. The minimum absolute atomic E-state index is 0.576. The van der Waals surface area contributed by atoms with Crippen molar-refractivity contribution in [2.45, 2.75) is 42.5 Å². The second kappa shape index (κ2) is 6.10. The Morgan fingerprint density at radius 1 is 1.25 bits per heavy atom. The molecule has 1 N–H and O–H groups in total. The monoisotopic (exact) mass is 284 g/mol. The smallest absolute Gasteiger partial charge is 0.208 e. The maximum atomic E-state index is 8.76. The summed E-state index contributed by atoms with van der Waals surface area (Å²) in [7, 11) is 0. The van der Waals surface area contributed by atoms with E-state index in [2.05, 4.69) is 21.3 Å². The SMILES string of the molecule is N#Cc1ccc(CSc2n[nH]c(C3CCCC3)n2)cc1. The number of nitriles is 1. The molecular weight excluding hydrogens is 268 g/mol. The van der Waals surface area contributed by atoms with Crippen LogP contribution >= 0.6 is 11.8 Å². The van der Waals surface area contributed by atoms with Crippen LogP contribution in [0.2, 0.25) is 0 Å². The van der Waals surface area contributed by atoms with Crippen LogP contribution in [-0.4, -0.2) is 15.2 Å². The Bertz CT molecular complexity index is 606. The van der Waals surface area contributed by atoms with Crippen LogP contribution in [0.1, 0.15) is 48.6 Å². The first-order valence-electron chi connectivity index (χ1n) is 6.89. The quantitative estimate of drug-likeness (QED) is 0.871. The summed E-state index contributed by atoms with van der Waals surface area (Å²) in [5.74, 6) is 2.45. The molecule has 2 aromatic rings. The summed E-state index contributed by atoms with van der Waals surface area (Å²) in [5, 5.41) is 16.9. The highest BCUT2D eigenvalue weighted by molar-refractivity contribution is 7.98. The number of nitrogens with one attached hydrogen (secondary N) is 1. The molecule has 0 amide bonds. The highest BCUT2D eigenvalue weighted by Gasteiger charge is 2.20. The molecule has 1 aromatic heterocycles. The summed E-state index contributed by atoms with van der Waals surface area (Å²) in [6.07, 6.45) is 5.07. The van der Waals surface area contributed by atoms with Gasteiger partial charge in [0, 0.05) is 11.7 Å². The Kier molecular flexibility index (Phi) is 4.03. The largest absolute Gasteiger partial charge is 0.262 e. The van der Waals surface area contributed by atoms with E-state index >= 15 is 0 Å². The van der Waals surface area contributed by atoms with Gasteiger partial charge in [0.1, 0.15) is 5.82 Å². The van der Waals surface area contributed by atoms with Gasteiger partial charge in [0.25, 0.3) is 0 Å². The van der Waals surface area contributed by atoms with Crippen LogP contribution in [-0.2, 0) is 5.75 Å². The van der Waals surface area contributed by atoms with E-state index in [1.807, 2.05) is 24.3 Å². The zero-order valence-corrected chi connectivity index (χ0v) is 12.0. The lowest BCUT2D eigenvalue weighted by Gasteiger charge is -2.01. The minimum atomic E-state index is 0.576. The first kappa shape index (κ1) is 13.2. The van der Waals surface area contributed by atoms with Gasteiger partial charge in [0.05, 0.1) is 11.6 Å². The third kappa shape index (κ3) is 3.02. The zero-order chi connectivity index (χ0) is 13.8. The summed E-state index contributed by atoms with van der Waals surface area (Å²) in [6.45, 7) is 0. The van der Waals surface area contributed by atoms with Crippen molar-refractivity contribution in [2.75, 3.05) is 0 Å². The number of aromatic amines is 1. The van der Waals surface area contributed by atoms with E-state index in [0.29, 0.717) is 11.5 Å². The van der Waals surface area contributed by atoms with E-state index in [1.165, 1.54) is 31.2 Å². The molecule has 4 nitrogen and oxygen atoms in total. The molecule has 1 aliphatic rings. The predicted molar refractivity (Wildman–Crippen MR) is 78.3 cm³/mol. The molecule has 0 unspecified atom stereocenters. The first-order valence-corrected chi connectivity index (χ1v) is 7.88. The lowest BCUT2D eigenvalue weighted by molar-refractivity contribution is 0.671. The molecule has 1 aliphatic carbocycles. The zero-order valence-electron chi connectivity index (χ0n) is 11.2. The summed E-state index contributed by atoms with van der Waals surface area (Å²) in [5.41, 5.74) is 1.88. The summed E-state index contributed by atoms with van der Waals surface area (Å²) < 4.78 is 0. The van der Waals surface area contributed by atoms with Crippen molar-refractivity contribution in [1.82, 2.24) is 15.2 Å². The molecule has 1 saturated carbocycles. The maximum Gasteiger partial charge on any atom is 0.208 e. The number of aromatic nitrogens is 3. The number of hydrogen-bond donors (Lipinski definition) is 1. The topological polar surface area (TPSA) is 65.4 Å². The van der Waals surface area contributed by atoms with Gasteiger partial charge >= 0.3 is 0 Å². The third-order valence-corrected chi connectivity index (χ3v) is 4.59. The number of rotatable bonds is 4. The van der Waals surface area contributed by atoms with E-state index in [0.717, 1.165) is 16.7 Å². The van der Waals surface area contributed by atoms with E-state index in [9.17, 15) is 0 Å².